The maximum Gasteiger partial charge on any atom is 0.184 e. The van der Waals surface area contributed by atoms with Crippen molar-refractivity contribution in [1.82, 2.24) is 4.90 Å². The number of aliphatic hydroxyl groups is 2. The van der Waals surface area contributed by atoms with E-state index >= 15 is 0 Å². The van der Waals surface area contributed by atoms with Gasteiger partial charge in [-0.3, -0.25) is 4.90 Å². The Kier molecular flexibility index (Phi) is 7.38. The van der Waals surface area contributed by atoms with Crippen molar-refractivity contribution in [2.24, 2.45) is 11.7 Å². The van der Waals surface area contributed by atoms with E-state index < -0.39 is 6.29 Å². The zero-order valence-electron chi connectivity index (χ0n) is 18.2. The van der Waals surface area contributed by atoms with Crippen LogP contribution in [0.4, 0.5) is 0 Å². The van der Waals surface area contributed by atoms with Crippen molar-refractivity contribution < 1.29 is 19.7 Å². The van der Waals surface area contributed by atoms with E-state index in [0.29, 0.717) is 6.54 Å². The molecule has 0 spiro atoms. The summed E-state index contributed by atoms with van der Waals surface area (Å²) in [6, 6.07) is 16.3. The molecule has 2 saturated heterocycles. The highest BCUT2D eigenvalue weighted by molar-refractivity contribution is 5.27. The molecule has 0 aromatic heterocycles. The number of benzene rings is 2. The summed E-state index contributed by atoms with van der Waals surface area (Å²) >= 11 is 0. The predicted molar refractivity (Wildman–Crippen MR) is 119 cm³/mol. The maximum atomic E-state index is 9.75. The van der Waals surface area contributed by atoms with Gasteiger partial charge >= 0.3 is 0 Å². The van der Waals surface area contributed by atoms with Crippen molar-refractivity contribution in [3.8, 4) is 0 Å². The molecule has 0 amide bonds. The standard InChI is InChI=1S/C25H34N2O4/c1-17-23(14-27-12-2-3-22(27)16-29)30-25(21-10-4-18(13-26)5-11-21)31-24(17)20-8-6-19(15-28)7-9-20/h4-11,17,22-25,28-29H,2-3,12-16,26H2,1H3. The second kappa shape index (κ2) is 10.2. The molecule has 2 fully saturated rings. The molecule has 5 atom stereocenters. The molecule has 168 valence electrons. The molecule has 6 heteroatoms. The van der Waals surface area contributed by atoms with Crippen LogP contribution in [0.15, 0.2) is 48.5 Å². The lowest BCUT2D eigenvalue weighted by molar-refractivity contribution is -0.276. The van der Waals surface area contributed by atoms with Gasteiger partial charge in [0.05, 0.1) is 25.4 Å². The Morgan fingerprint density at radius 2 is 1.65 bits per heavy atom. The van der Waals surface area contributed by atoms with E-state index in [4.69, 9.17) is 15.2 Å². The molecule has 31 heavy (non-hydrogen) atoms. The quantitative estimate of drug-likeness (QED) is 0.631. The topological polar surface area (TPSA) is 88.2 Å². The van der Waals surface area contributed by atoms with Crippen LogP contribution in [0.5, 0.6) is 0 Å². The first kappa shape index (κ1) is 22.4. The third-order valence-corrected chi connectivity index (χ3v) is 6.74. The number of hydrogen-bond acceptors (Lipinski definition) is 6. The van der Waals surface area contributed by atoms with Crippen molar-refractivity contribution in [3.05, 3.63) is 70.8 Å². The summed E-state index contributed by atoms with van der Waals surface area (Å²) in [5.41, 5.74) is 9.77. The SMILES string of the molecule is CC1C(CN2CCCC2CO)OC(c2ccc(CN)cc2)OC1c1ccc(CO)cc1. The molecule has 5 unspecified atom stereocenters. The van der Waals surface area contributed by atoms with Gasteiger partial charge in [0.2, 0.25) is 0 Å². The van der Waals surface area contributed by atoms with Gasteiger partial charge in [0.15, 0.2) is 6.29 Å². The largest absolute Gasteiger partial charge is 0.395 e. The van der Waals surface area contributed by atoms with Gasteiger partial charge in [-0.05, 0) is 36.1 Å². The lowest BCUT2D eigenvalue weighted by atomic mass is 9.90. The molecule has 0 bridgehead atoms. The Morgan fingerprint density at radius 3 is 2.29 bits per heavy atom. The van der Waals surface area contributed by atoms with Gasteiger partial charge in [-0.1, -0.05) is 55.5 Å². The fraction of sp³-hybridized carbons (Fsp3) is 0.520. The minimum absolute atomic E-state index is 0.0254. The van der Waals surface area contributed by atoms with Crippen LogP contribution in [0.3, 0.4) is 0 Å². The Labute approximate surface area is 184 Å². The number of hydrogen-bond donors (Lipinski definition) is 3. The predicted octanol–water partition coefficient (Wildman–Crippen LogP) is 2.89. The van der Waals surface area contributed by atoms with E-state index in [-0.39, 0.29) is 37.4 Å². The molecule has 0 radical (unpaired) electrons. The van der Waals surface area contributed by atoms with Gasteiger partial charge in [0, 0.05) is 30.6 Å². The molecule has 2 aliphatic heterocycles. The van der Waals surface area contributed by atoms with Crippen LogP contribution in [-0.2, 0) is 22.6 Å². The monoisotopic (exact) mass is 426 g/mol. The fourth-order valence-electron chi connectivity index (χ4n) is 4.71. The van der Waals surface area contributed by atoms with Crippen molar-refractivity contribution in [1.29, 1.82) is 0 Å². The van der Waals surface area contributed by atoms with Gasteiger partial charge in [-0.2, -0.15) is 0 Å². The van der Waals surface area contributed by atoms with Gasteiger partial charge in [0.25, 0.3) is 0 Å². The minimum Gasteiger partial charge on any atom is -0.395 e. The summed E-state index contributed by atoms with van der Waals surface area (Å²) in [6.07, 6.45) is 1.53. The molecule has 0 aliphatic carbocycles. The summed E-state index contributed by atoms with van der Waals surface area (Å²) < 4.78 is 13.0. The highest BCUT2D eigenvalue weighted by atomic mass is 16.7. The first-order valence-electron chi connectivity index (χ1n) is 11.3. The van der Waals surface area contributed by atoms with Crippen molar-refractivity contribution in [2.45, 2.75) is 57.5 Å². The Balaban J connectivity index is 1.59. The summed E-state index contributed by atoms with van der Waals surface area (Å²) in [7, 11) is 0. The van der Waals surface area contributed by atoms with Crippen LogP contribution in [-0.4, -0.2) is 47.0 Å². The Bertz CT molecular complexity index is 826. The van der Waals surface area contributed by atoms with Gasteiger partial charge in [0.1, 0.15) is 0 Å². The molecule has 2 aromatic rings. The number of nitrogens with two attached hydrogens (primary N) is 1. The first-order chi connectivity index (χ1) is 15.1. The molecule has 4 rings (SSSR count). The molecular weight excluding hydrogens is 392 g/mol. The van der Waals surface area contributed by atoms with Gasteiger partial charge in [-0.25, -0.2) is 0 Å². The highest BCUT2D eigenvalue weighted by Crippen LogP contribution is 2.42. The average Bonchev–Trinajstić information content (AvgIpc) is 3.27. The minimum atomic E-state index is -0.467. The number of ether oxygens (including phenoxy) is 2. The van der Waals surface area contributed by atoms with E-state index in [1.165, 1.54) is 0 Å². The van der Waals surface area contributed by atoms with Crippen LogP contribution in [0.1, 0.15) is 54.4 Å². The van der Waals surface area contributed by atoms with E-state index in [9.17, 15) is 10.2 Å². The van der Waals surface area contributed by atoms with Crippen LogP contribution in [0.25, 0.3) is 0 Å². The van der Waals surface area contributed by atoms with E-state index in [2.05, 4.69) is 11.8 Å². The zero-order chi connectivity index (χ0) is 21.8. The number of likely N-dealkylation sites (tertiary alicyclic amines) is 1. The third kappa shape index (κ3) is 5.00. The summed E-state index contributed by atoms with van der Waals surface area (Å²) in [6.45, 7) is 4.66. The molecular formula is C25H34N2O4. The van der Waals surface area contributed by atoms with E-state index in [1.807, 2.05) is 48.5 Å². The summed E-state index contributed by atoms with van der Waals surface area (Å²) in [5, 5.41) is 19.1. The van der Waals surface area contributed by atoms with Gasteiger partial charge in [-0.15, -0.1) is 0 Å². The number of nitrogens with zero attached hydrogens (tertiary/aromatic N) is 1. The van der Waals surface area contributed by atoms with Crippen LogP contribution >= 0.6 is 0 Å². The second-order valence-electron chi connectivity index (χ2n) is 8.74. The van der Waals surface area contributed by atoms with Crippen LogP contribution < -0.4 is 5.73 Å². The average molecular weight is 427 g/mol. The molecule has 6 nitrogen and oxygen atoms in total. The van der Waals surface area contributed by atoms with Crippen LogP contribution in [0, 0.1) is 5.92 Å². The molecule has 2 heterocycles. The van der Waals surface area contributed by atoms with E-state index in [1.54, 1.807) is 0 Å². The lowest BCUT2D eigenvalue weighted by Gasteiger charge is -2.43. The first-order valence-corrected chi connectivity index (χ1v) is 11.3. The molecule has 4 N–H and O–H groups in total. The normalized spacial score (nSPS) is 29.4. The molecule has 2 aliphatic rings. The smallest absolute Gasteiger partial charge is 0.184 e. The maximum absolute atomic E-state index is 9.75. The van der Waals surface area contributed by atoms with Crippen LogP contribution in [0.2, 0.25) is 0 Å². The molecule has 0 saturated carbocycles. The van der Waals surface area contributed by atoms with E-state index in [0.717, 1.165) is 48.2 Å². The van der Waals surface area contributed by atoms with Crippen molar-refractivity contribution in [3.63, 3.8) is 0 Å². The summed E-state index contributed by atoms with van der Waals surface area (Å²) in [5.74, 6) is 0.138. The number of aliphatic hydroxyl groups excluding tert-OH is 2. The fourth-order valence-corrected chi connectivity index (χ4v) is 4.71. The second-order valence-corrected chi connectivity index (χ2v) is 8.74. The Hall–Kier alpha value is -1.80. The zero-order valence-corrected chi connectivity index (χ0v) is 18.2. The lowest BCUT2D eigenvalue weighted by Crippen LogP contribution is -2.46. The highest BCUT2D eigenvalue weighted by Gasteiger charge is 2.40. The molecule has 2 aromatic carbocycles. The third-order valence-electron chi connectivity index (χ3n) is 6.74. The van der Waals surface area contributed by atoms with Gasteiger partial charge < -0.3 is 25.4 Å². The van der Waals surface area contributed by atoms with Crippen molar-refractivity contribution in [2.75, 3.05) is 19.7 Å². The van der Waals surface area contributed by atoms with Crippen molar-refractivity contribution >= 4 is 0 Å². The Morgan fingerprint density at radius 1 is 0.968 bits per heavy atom. The summed E-state index contributed by atoms with van der Waals surface area (Å²) in [4.78, 5) is 2.35. The number of rotatable bonds is 7.